The highest BCUT2D eigenvalue weighted by molar-refractivity contribution is 5.85. The largest absolute Gasteiger partial charge is 0.493 e. The second-order valence-electron chi connectivity index (χ2n) is 4.45. The molecule has 1 aromatic carbocycles. The Morgan fingerprint density at radius 1 is 1.22 bits per heavy atom. The monoisotopic (exact) mass is 275 g/mol. The molecule has 2 rings (SSSR count). The molecule has 1 aliphatic rings. The van der Waals surface area contributed by atoms with Gasteiger partial charge in [-0.25, -0.2) is 4.39 Å². The van der Waals surface area contributed by atoms with Gasteiger partial charge in [0.05, 0.1) is 14.2 Å². The topological polar surface area (TPSA) is 44.5 Å². The van der Waals surface area contributed by atoms with E-state index >= 15 is 0 Å². The normalized spacial score (nSPS) is 16.4. The number of nitrogens with two attached hydrogens (primary N) is 1. The second kappa shape index (κ2) is 6.25. The molecule has 5 heteroatoms. The Bertz CT molecular complexity index is 410. The number of methoxy groups -OCH3 is 2. The summed E-state index contributed by atoms with van der Waals surface area (Å²) in [7, 11) is 3.03. The minimum atomic E-state index is -0.318. The van der Waals surface area contributed by atoms with E-state index in [1.165, 1.54) is 26.7 Å². The summed E-state index contributed by atoms with van der Waals surface area (Å²) in [5, 5.41) is 0. The van der Waals surface area contributed by atoms with E-state index in [-0.39, 0.29) is 24.3 Å². The van der Waals surface area contributed by atoms with Crippen LogP contribution in [0.15, 0.2) is 12.1 Å². The van der Waals surface area contributed by atoms with Gasteiger partial charge in [0, 0.05) is 17.7 Å². The van der Waals surface area contributed by atoms with E-state index < -0.39 is 0 Å². The molecule has 0 bridgehead atoms. The van der Waals surface area contributed by atoms with Crippen LogP contribution in [0.25, 0.3) is 0 Å². The highest BCUT2D eigenvalue weighted by Gasteiger charge is 2.28. The first-order valence-corrected chi connectivity index (χ1v) is 5.84. The first kappa shape index (κ1) is 15.1. The predicted molar refractivity (Wildman–Crippen MR) is 71.0 cm³/mol. The lowest BCUT2D eigenvalue weighted by molar-refractivity contribution is 0.259. The number of halogens is 2. The number of hydrogen-bond acceptors (Lipinski definition) is 3. The zero-order valence-electron chi connectivity index (χ0n) is 10.6. The fourth-order valence-corrected chi connectivity index (χ4v) is 2.18. The number of ether oxygens (including phenoxy) is 2. The zero-order chi connectivity index (χ0) is 12.4. The van der Waals surface area contributed by atoms with Gasteiger partial charge in [-0.2, -0.15) is 0 Å². The van der Waals surface area contributed by atoms with Gasteiger partial charge < -0.3 is 15.2 Å². The van der Waals surface area contributed by atoms with Crippen molar-refractivity contribution in [3.05, 3.63) is 23.5 Å². The molecule has 1 fully saturated rings. The maximum atomic E-state index is 13.9. The third kappa shape index (κ3) is 2.70. The van der Waals surface area contributed by atoms with Gasteiger partial charge in [-0.05, 0) is 24.8 Å². The molecule has 0 saturated heterocycles. The van der Waals surface area contributed by atoms with Crippen molar-refractivity contribution in [3.8, 4) is 11.5 Å². The molecule has 3 nitrogen and oxygen atoms in total. The van der Waals surface area contributed by atoms with E-state index in [1.54, 1.807) is 6.07 Å². The van der Waals surface area contributed by atoms with Crippen molar-refractivity contribution in [2.75, 3.05) is 14.2 Å². The Labute approximate surface area is 113 Å². The quantitative estimate of drug-likeness (QED) is 0.918. The Kier molecular flexibility index (Phi) is 5.23. The molecule has 0 aromatic heterocycles. The zero-order valence-corrected chi connectivity index (χ0v) is 11.4. The predicted octanol–water partition coefficient (Wildman–Crippen LogP) is 3.06. The van der Waals surface area contributed by atoms with E-state index in [0.717, 1.165) is 12.8 Å². The average Bonchev–Trinajstić information content (AvgIpc) is 2.26. The Balaban J connectivity index is 0.00000162. The highest BCUT2D eigenvalue weighted by Crippen LogP contribution is 2.39. The van der Waals surface area contributed by atoms with Gasteiger partial charge in [-0.15, -0.1) is 12.4 Å². The van der Waals surface area contributed by atoms with Gasteiger partial charge in [0.25, 0.3) is 0 Å². The van der Waals surface area contributed by atoms with Crippen LogP contribution in [0, 0.1) is 11.7 Å². The molecule has 0 aliphatic heterocycles. The lowest BCUT2D eigenvalue weighted by Gasteiger charge is -2.31. The van der Waals surface area contributed by atoms with Crippen LogP contribution in [0.1, 0.15) is 30.9 Å². The van der Waals surface area contributed by atoms with Gasteiger partial charge in [-0.1, -0.05) is 6.42 Å². The van der Waals surface area contributed by atoms with E-state index in [4.69, 9.17) is 15.2 Å². The van der Waals surface area contributed by atoms with Crippen LogP contribution in [0.3, 0.4) is 0 Å². The fourth-order valence-electron chi connectivity index (χ4n) is 2.18. The lowest BCUT2D eigenvalue weighted by atomic mass is 9.77. The van der Waals surface area contributed by atoms with E-state index in [2.05, 4.69) is 0 Å². The molecule has 1 aromatic rings. The first-order valence-electron chi connectivity index (χ1n) is 5.84. The van der Waals surface area contributed by atoms with Crippen LogP contribution in [0.5, 0.6) is 11.5 Å². The maximum absolute atomic E-state index is 13.9. The summed E-state index contributed by atoms with van der Waals surface area (Å²) < 4.78 is 24.1. The van der Waals surface area contributed by atoms with Crippen molar-refractivity contribution in [2.45, 2.75) is 25.3 Å². The molecule has 2 N–H and O–H groups in total. The van der Waals surface area contributed by atoms with Crippen molar-refractivity contribution < 1.29 is 13.9 Å². The molecule has 0 amide bonds. The van der Waals surface area contributed by atoms with Gasteiger partial charge in [0.15, 0.2) is 11.5 Å². The molecule has 1 saturated carbocycles. The Morgan fingerprint density at radius 2 is 1.78 bits per heavy atom. The molecule has 18 heavy (non-hydrogen) atoms. The van der Waals surface area contributed by atoms with Crippen LogP contribution >= 0.6 is 12.4 Å². The average molecular weight is 276 g/mol. The van der Waals surface area contributed by atoms with Crippen LogP contribution in [-0.4, -0.2) is 14.2 Å². The summed E-state index contributed by atoms with van der Waals surface area (Å²) in [6, 6.07) is 2.74. The molecule has 0 heterocycles. The summed E-state index contributed by atoms with van der Waals surface area (Å²) >= 11 is 0. The smallest absolute Gasteiger partial charge is 0.163 e. The van der Waals surface area contributed by atoms with Gasteiger partial charge >= 0.3 is 0 Å². The van der Waals surface area contributed by atoms with E-state index in [0.29, 0.717) is 23.0 Å². The minimum absolute atomic E-state index is 0. The van der Waals surface area contributed by atoms with Crippen molar-refractivity contribution in [2.24, 2.45) is 11.7 Å². The summed E-state index contributed by atoms with van der Waals surface area (Å²) in [4.78, 5) is 0. The number of rotatable bonds is 4. The summed E-state index contributed by atoms with van der Waals surface area (Å²) in [6.07, 6.45) is 3.34. The fraction of sp³-hybridized carbons (Fsp3) is 0.538. The third-order valence-corrected chi connectivity index (χ3v) is 3.52. The van der Waals surface area contributed by atoms with Crippen LogP contribution in [-0.2, 0) is 0 Å². The molecule has 1 aliphatic carbocycles. The Hall–Kier alpha value is -1.00. The summed E-state index contributed by atoms with van der Waals surface area (Å²) in [5.41, 5.74) is 6.60. The van der Waals surface area contributed by atoms with Crippen molar-refractivity contribution >= 4 is 12.4 Å². The molecule has 0 spiro atoms. The van der Waals surface area contributed by atoms with Gasteiger partial charge in [-0.3, -0.25) is 0 Å². The van der Waals surface area contributed by atoms with Gasteiger partial charge in [0.1, 0.15) is 5.82 Å². The van der Waals surface area contributed by atoms with E-state index in [9.17, 15) is 4.39 Å². The molecular weight excluding hydrogens is 257 g/mol. The second-order valence-corrected chi connectivity index (χ2v) is 4.45. The Morgan fingerprint density at radius 3 is 2.22 bits per heavy atom. The molecule has 0 radical (unpaired) electrons. The number of benzene rings is 1. The van der Waals surface area contributed by atoms with Gasteiger partial charge in [0.2, 0.25) is 0 Å². The van der Waals surface area contributed by atoms with Crippen molar-refractivity contribution in [1.29, 1.82) is 0 Å². The minimum Gasteiger partial charge on any atom is -0.493 e. The standard InChI is InChI=1S/C13H18FNO2.ClH/c1-16-11-6-9(10(14)7-12(11)17-2)13(15)8-4-3-5-8;/h6-8,13H,3-5,15H2,1-2H3;1H/t13-;/m0./s1. The number of hydrogen-bond donors (Lipinski definition) is 1. The first-order chi connectivity index (χ1) is 8.17. The third-order valence-electron chi connectivity index (χ3n) is 3.52. The highest BCUT2D eigenvalue weighted by atomic mass is 35.5. The lowest BCUT2D eigenvalue weighted by Crippen LogP contribution is -2.27. The van der Waals surface area contributed by atoms with Crippen LogP contribution in [0.2, 0.25) is 0 Å². The summed E-state index contributed by atoms with van der Waals surface area (Å²) in [5.74, 6) is 0.998. The molecule has 0 unspecified atom stereocenters. The van der Waals surface area contributed by atoms with Crippen LogP contribution in [0.4, 0.5) is 4.39 Å². The van der Waals surface area contributed by atoms with Crippen LogP contribution < -0.4 is 15.2 Å². The van der Waals surface area contributed by atoms with E-state index in [1.807, 2.05) is 0 Å². The maximum Gasteiger partial charge on any atom is 0.163 e. The van der Waals surface area contributed by atoms with Crippen molar-refractivity contribution in [3.63, 3.8) is 0 Å². The molecular formula is C13H19ClFNO2. The van der Waals surface area contributed by atoms with Crippen molar-refractivity contribution in [1.82, 2.24) is 0 Å². The SMILES string of the molecule is COc1cc(F)c([C@@H](N)C2CCC2)cc1OC.Cl. The molecule has 1 atom stereocenters. The molecule has 102 valence electrons. The summed E-state index contributed by atoms with van der Waals surface area (Å²) in [6.45, 7) is 0.